The zero-order valence-electron chi connectivity index (χ0n) is 15.7. The molecule has 3 N–H and O–H groups in total. The number of carbonyl (C=O) groups excluding carboxylic acids is 2. The number of anilines is 1. The second kappa shape index (κ2) is 9.15. The summed E-state index contributed by atoms with van der Waals surface area (Å²) in [6.45, 7) is 6.16. The fourth-order valence-corrected chi connectivity index (χ4v) is 2.90. The molecule has 0 unspecified atom stereocenters. The summed E-state index contributed by atoms with van der Waals surface area (Å²) < 4.78 is 0. The molecule has 0 saturated heterocycles. The number of likely N-dealkylation sites (N-methyl/N-ethyl adjacent to an activating group) is 1. The molecule has 1 atom stereocenters. The minimum Gasteiger partial charge on any atom is -0.332 e. The number of hydrogen-bond acceptors (Lipinski definition) is 3. The molecule has 0 saturated carbocycles. The van der Waals surface area contributed by atoms with Gasteiger partial charge >= 0.3 is 0 Å². The molecule has 5 nitrogen and oxygen atoms in total. The van der Waals surface area contributed by atoms with Crippen molar-refractivity contribution in [1.29, 1.82) is 0 Å². The van der Waals surface area contributed by atoms with Crippen molar-refractivity contribution in [2.75, 3.05) is 18.4 Å². The molecule has 0 aliphatic rings. The molecule has 5 heteroatoms. The summed E-state index contributed by atoms with van der Waals surface area (Å²) in [5, 5.41) is 2.91. The van der Waals surface area contributed by atoms with Crippen LogP contribution in [0.4, 0.5) is 5.69 Å². The van der Waals surface area contributed by atoms with Gasteiger partial charge in [0.2, 0.25) is 11.8 Å². The Bertz CT molecular complexity index is 739. The second-order valence-electron chi connectivity index (χ2n) is 6.46. The van der Waals surface area contributed by atoms with Crippen LogP contribution in [0.1, 0.15) is 23.6 Å². The van der Waals surface area contributed by atoms with Crippen molar-refractivity contribution in [2.45, 2.75) is 33.2 Å². The summed E-state index contributed by atoms with van der Waals surface area (Å²) in [6, 6.07) is 14.8. The van der Waals surface area contributed by atoms with Gasteiger partial charge in [-0.2, -0.15) is 0 Å². The van der Waals surface area contributed by atoms with Gasteiger partial charge in [0.15, 0.2) is 0 Å². The van der Waals surface area contributed by atoms with E-state index in [1.165, 1.54) is 4.90 Å². The lowest BCUT2D eigenvalue weighted by Gasteiger charge is -2.24. The fraction of sp³-hybridized carbons (Fsp3) is 0.333. The van der Waals surface area contributed by atoms with Crippen LogP contribution in [0.3, 0.4) is 0 Å². The van der Waals surface area contributed by atoms with Crippen molar-refractivity contribution in [3.8, 4) is 0 Å². The lowest BCUT2D eigenvalue weighted by molar-refractivity contribution is -0.135. The molecule has 0 fully saturated rings. The largest absolute Gasteiger partial charge is 0.332 e. The molecule has 0 bridgehead atoms. The average molecular weight is 353 g/mol. The Morgan fingerprint density at radius 3 is 2.23 bits per heavy atom. The summed E-state index contributed by atoms with van der Waals surface area (Å²) in [7, 11) is 0. The van der Waals surface area contributed by atoms with Gasteiger partial charge in [-0.25, -0.2) is 0 Å². The highest BCUT2D eigenvalue weighted by Gasteiger charge is 2.22. The molecule has 0 aliphatic heterocycles. The maximum Gasteiger partial charge on any atom is 0.244 e. The molecule has 0 aliphatic carbocycles. The maximum atomic E-state index is 12.6. The first-order valence-electron chi connectivity index (χ1n) is 8.86. The van der Waals surface area contributed by atoms with Crippen LogP contribution in [0.5, 0.6) is 0 Å². The van der Waals surface area contributed by atoms with Crippen molar-refractivity contribution in [2.24, 2.45) is 5.73 Å². The molecule has 138 valence electrons. The van der Waals surface area contributed by atoms with Gasteiger partial charge < -0.3 is 16.0 Å². The molecular formula is C21H27N3O2. The van der Waals surface area contributed by atoms with Crippen LogP contribution < -0.4 is 11.1 Å². The summed E-state index contributed by atoms with van der Waals surface area (Å²) in [5.74, 6) is -0.433. The predicted octanol–water partition coefficient (Wildman–Crippen LogP) is 2.66. The molecule has 0 radical (unpaired) electrons. The van der Waals surface area contributed by atoms with Crippen molar-refractivity contribution >= 4 is 17.5 Å². The van der Waals surface area contributed by atoms with Crippen molar-refractivity contribution in [3.05, 3.63) is 65.2 Å². The molecule has 26 heavy (non-hydrogen) atoms. The van der Waals surface area contributed by atoms with E-state index in [0.717, 1.165) is 22.4 Å². The highest BCUT2D eigenvalue weighted by molar-refractivity contribution is 5.96. The molecule has 0 spiro atoms. The average Bonchev–Trinajstić information content (AvgIpc) is 2.63. The Morgan fingerprint density at radius 1 is 1.04 bits per heavy atom. The van der Waals surface area contributed by atoms with Crippen LogP contribution in [-0.4, -0.2) is 35.8 Å². The van der Waals surface area contributed by atoms with Crippen molar-refractivity contribution in [1.82, 2.24) is 4.90 Å². The van der Waals surface area contributed by atoms with Crippen LogP contribution >= 0.6 is 0 Å². The summed E-state index contributed by atoms with van der Waals surface area (Å²) >= 11 is 0. The molecule has 0 aromatic heterocycles. The second-order valence-corrected chi connectivity index (χ2v) is 6.46. The normalized spacial score (nSPS) is 11.7. The Kier molecular flexibility index (Phi) is 6.92. The number of amides is 2. The van der Waals surface area contributed by atoms with Gasteiger partial charge in [0, 0.05) is 12.2 Å². The lowest BCUT2D eigenvalue weighted by atomic mass is 10.1. The number of nitrogens with two attached hydrogens (primary N) is 1. The molecule has 2 amide bonds. The number of carbonyl (C=O) groups is 2. The van der Waals surface area contributed by atoms with E-state index in [4.69, 9.17) is 5.73 Å². The Morgan fingerprint density at radius 2 is 1.65 bits per heavy atom. The molecule has 2 aromatic carbocycles. The monoisotopic (exact) mass is 353 g/mol. The molecule has 2 rings (SSSR count). The number of hydrogen-bond donors (Lipinski definition) is 2. The first-order valence-corrected chi connectivity index (χ1v) is 8.86. The van der Waals surface area contributed by atoms with Crippen LogP contribution in [0, 0.1) is 13.8 Å². The highest BCUT2D eigenvalue weighted by Crippen LogP contribution is 2.19. The van der Waals surface area contributed by atoms with Gasteiger partial charge in [0.1, 0.15) is 0 Å². The minimum atomic E-state index is -0.662. The van der Waals surface area contributed by atoms with E-state index in [1.54, 1.807) is 0 Å². The van der Waals surface area contributed by atoms with E-state index in [-0.39, 0.29) is 18.4 Å². The molecule has 0 heterocycles. The third kappa shape index (κ3) is 5.17. The first kappa shape index (κ1) is 19.7. The zero-order chi connectivity index (χ0) is 19.1. The summed E-state index contributed by atoms with van der Waals surface area (Å²) in [4.78, 5) is 26.5. The van der Waals surface area contributed by atoms with Gasteiger partial charge in [-0.3, -0.25) is 9.59 Å². The van der Waals surface area contributed by atoms with E-state index in [0.29, 0.717) is 13.0 Å². The predicted molar refractivity (Wildman–Crippen MR) is 105 cm³/mol. The summed E-state index contributed by atoms with van der Waals surface area (Å²) in [5.41, 5.74) is 9.87. The number of nitrogens with zero attached hydrogens (tertiary/aromatic N) is 1. The Labute approximate surface area is 155 Å². The third-order valence-corrected chi connectivity index (χ3v) is 4.39. The van der Waals surface area contributed by atoms with Crippen molar-refractivity contribution < 1.29 is 9.59 Å². The van der Waals surface area contributed by atoms with Crippen LogP contribution in [0.15, 0.2) is 48.5 Å². The minimum absolute atomic E-state index is 0.00834. The number of aryl methyl sites for hydroxylation is 2. The number of nitrogens with one attached hydrogen (secondary N) is 1. The Balaban J connectivity index is 1.99. The number of rotatable bonds is 7. The van der Waals surface area contributed by atoms with Gasteiger partial charge in [-0.1, -0.05) is 48.5 Å². The molecular weight excluding hydrogens is 326 g/mol. The standard InChI is InChI=1S/C21H27N3O2/c1-4-24(21(26)18(22)13-17-11-6-5-7-12-17)14-19(25)23-20-15(2)9-8-10-16(20)3/h5-12,18H,4,13-14,22H2,1-3H3,(H,23,25)/t18-/m0/s1. The zero-order valence-corrected chi connectivity index (χ0v) is 15.7. The van der Waals surface area contributed by atoms with Crippen molar-refractivity contribution in [3.63, 3.8) is 0 Å². The topological polar surface area (TPSA) is 75.4 Å². The number of benzene rings is 2. The van der Waals surface area contributed by atoms with E-state index in [2.05, 4.69) is 5.32 Å². The fourth-order valence-electron chi connectivity index (χ4n) is 2.90. The van der Waals surface area contributed by atoms with E-state index >= 15 is 0 Å². The van der Waals surface area contributed by atoms with Crippen LogP contribution in [0.2, 0.25) is 0 Å². The number of para-hydroxylation sites is 1. The van der Waals surface area contributed by atoms with Gasteiger partial charge in [-0.15, -0.1) is 0 Å². The first-order chi connectivity index (χ1) is 12.4. The Hall–Kier alpha value is -2.66. The van der Waals surface area contributed by atoms with E-state index < -0.39 is 6.04 Å². The quantitative estimate of drug-likeness (QED) is 0.803. The smallest absolute Gasteiger partial charge is 0.244 e. The van der Waals surface area contributed by atoms with Crippen LogP contribution in [0.25, 0.3) is 0 Å². The highest BCUT2D eigenvalue weighted by atomic mass is 16.2. The van der Waals surface area contributed by atoms with Gasteiger partial charge in [0.25, 0.3) is 0 Å². The lowest BCUT2D eigenvalue weighted by Crippen LogP contribution is -2.47. The van der Waals surface area contributed by atoms with Gasteiger partial charge in [0.05, 0.1) is 12.6 Å². The molecule has 2 aromatic rings. The van der Waals surface area contributed by atoms with E-state index in [1.807, 2.05) is 69.3 Å². The summed E-state index contributed by atoms with van der Waals surface area (Å²) in [6.07, 6.45) is 0.453. The maximum absolute atomic E-state index is 12.6. The van der Waals surface area contributed by atoms with E-state index in [9.17, 15) is 9.59 Å². The SMILES string of the molecule is CCN(CC(=O)Nc1c(C)cccc1C)C(=O)[C@@H](N)Cc1ccccc1. The van der Waals surface area contributed by atoms with Gasteiger partial charge in [-0.05, 0) is 43.9 Å². The third-order valence-electron chi connectivity index (χ3n) is 4.39. The van der Waals surface area contributed by atoms with Crippen LogP contribution in [-0.2, 0) is 16.0 Å².